The van der Waals surface area contributed by atoms with Gasteiger partial charge in [-0.1, -0.05) is 25.4 Å². The van der Waals surface area contributed by atoms with Crippen LogP contribution in [0.25, 0.3) is 0 Å². The number of carbonyl (C=O) groups is 1. The van der Waals surface area contributed by atoms with Gasteiger partial charge in [-0.25, -0.2) is 0 Å². The Labute approximate surface area is 137 Å². The van der Waals surface area contributed by atoms with E-state index in [4.69, 9.17) is 22.1 Å². The van der Waals surface area contributed by atoms with Gasteiger partial charge in [0.2, 0.25) is 5.91 Å². The van der Waals surface area contributed by atoms with Crippen LogP contribution in [-0.4, -0.2) is 24.6 Å². The van der Waals surface area contributed by atoms with E-state index in [9.17, 15) is 4.79 Å². The second-order valence-corrected chi connectivity index (χ2v) is 5.23. The van der Waals surface area contributed by atoms with Gasteiger partial charge in [0, 0.05) is 11.6 Å². The van der Waals surface area contributed by atoms with Crippen molar-refractivity contribution in [2.45, 2.75) is 38.6 Å². The topological polar surface area (TPSA) is 64.3 Å². The molecular weight excluding hydrogens is 311 g/mol. The summed E-state index contributed by atoms with van der Waals surface area (Å²) in [5.74, 6) is 0.673. The van der Waals surface area contributed by atoms with Crippen molar-refractivity contribution in [1.82, 2.24) is 5.32 Å². The van der Waals surface area contributed by atoms with Crippen molar-refractivity contribution in [3.05, 3.63) is 29.3 Å². The largest absolute Gasteiger partial charge is 0.493 e. The number of benzene rings is 1. The van der Waals surface area contributed by atoms with Crippen LogP contribution >= 0.6 is 24.0 Å². The summed E-state index contributed by atoms with van der Waals surface area (Å²) in [7, 11) is 0. The molecule has 0 radical (unpaired) electrons. The van der Waals surface area contributed by atoms with E-state index in [1.54, 1.807) is 24.3 Å². The molecule has 1 amide bonds. The SMILES string of the molecule is CCC(CC)(CN)NC(=O)CCOc1ccc(Cl)cc1.Cl. The molecular formula is C15H24Cl2N2O2. The molecule has 120 valence electrons. The highest BCUT2D eigenvalue weighted by molar-refractivity contribution is 6.30. The number of carbonyl (C=O) groups excluding carboxylic acids is 1. The molecule has 21 heavy (non-hydrogen) atoms. The summed E-state index contributed by atoms with van der Waals surface area (Å²) in [5.41, 5.74) is 5.46. The highest BCUT2D eigenvalue weighted by atomic mass is 35.5. The Balaban J connectivity index is 0.00000400. The van der Waals surface area contributed by atoms with Gasteiger partial charge in [0.25, 0.3) is 0 Å². The van der Waals surface area contributed by atoms with E-state index in [1.165, 1.54) is 0 Å². The van der Waals surface area contributed by atoms with Crippen molar-refractivity contribution in [3.8, 4) is 5.75 Å². The molecule has 0 aliphatic carbocycles. The number of rotatable bonds is 8. The predicted molar refractivity (Wildman–Crippen MR) is 89.3 cm³/mol. The molecule has 0 unspecified atom stereocenters. The summed E-state index contributed by atoms with van der Waals surface area (Å²) in [4.78, 5) is 11.9. The first-order chi connectivity index (χ1) is 9.55. The fraction of sp³-hybridized carbons (Fsp3) is 0.533. The molecule has 4 nitrogen and oxygen atoms in total. The lowest BCUT2D eigenvalue weighted by Gasteiger charge is -2.31. The van der Waals surface area contributed by atoms with Gasteiger partial charge in [-0.05, 0) is 37.1 Å². The summed E-state index contributed by atoms with van der Waals surface area (Å²) < 4.78 is 5.50. The number of hydrogen-bond acceptors (Lipinski definition) is 3. The van der Waals surface area contributed by atoms with E-state index in [-0.39, 0.29) is 23.9 Å². The van der Waals surface area contributed by atoms with Gasteiger partial charge in [-0.3, -0.25) is 4.79 Å². The minimum Gasteiger partial charge on any atom is -0.493 e. The summed E-state index contributed by atoms with van der Waals surface area (Å²) in [6, 6.07) is 7.07. The van der Waals surface area contributed by atoms with Crippen LogP contribution < -0.4 is 15.8 Å². The molecule has 0 aliphatic rings. The molecule has 0 aromatic heterocycles. The van der Waals surface area contributed by atoms with Gasteiger partial charge in [-0.2, -0.15) is 0 Å². The maximum atomic E-state index is 11.9. The zero-order chi connectivity index (χ0) is 15.0. The van der Waals surface area contributed by atoms with Crippen LogP contribution in [0, 0.1) is 0 Å². The summed E-state index contributed by atoms with van der Waals surface area (Å²) in [5, 5.41) is 3.67. The number of ether oxygens (including phenoxy) is 1. The van der Waals surface area contributed by atoms with Crippen molar-refractivity contribution < 1.29 is 9.53 Å². The first-order valence-corrected chi connectivity index (χ1v) is 7.32. The molecule has 0 heterocycles. The van der Waals surface area contributed by atoms with Gasteiger partial charge < -0.3 is 15.8 Å². The van der Waals surface area contributed by atoms with Crippen molar-refractivity contribution in [3.63, 3.8) is 0 Å². The highest BCUT2D eigenvalue weighted by Crippen LogP contribution is 2.16. The molecule has 1 aromatic carbocycles. The van der Waals surface area contributed by atoms with Gasteiger partial charge in [0.15, 0.2) is 0 Å². The Morgan fingerprint density at radius 2 is 1.86 bits per heavy atom. The first kappa shape index (κ1) is 20.0. The number of amides is 1. The summed E-state index contributed by atoms with van der Waals surface area (Å²) in [6.07, 6.45) is 1.96. The smallest absolute Gasteiger partial charge is 0.223 e. The van der Waals surface area contributed by atoms with Crippen LogP contribution in [0.2, 0.25) is 5.02 Å². The van der Waals surface area contributed by atoms with E-state index in [0.717, 1.165) is 12.8 Å². The number of nitrogens with two attached hydrogens (primary N) is 1. The van der Waals surface area contributed by atoms with Crippen LogP contribution in [0.15, 0.2) is 24.3 Å². The third kappa shape index (κ3) is 6.55. The fourth-order valence-electron chi connectivity index (χ4n) is 1.92. The van der Waals surface area contributed by atoms with Gasteiger partial charge in [0.05, 0.1) is 18.6 Å². The molecule has 0 saturated carbocycles. The molecule has 0 aliphatic heterocycles. The Hall–Kier alpha value is -0.970. The van der Waals surface area contributed by atoms with Crippen molar-refractivity contribution in [2.24, 2.45) is 5.73 Å². The van der Waals surface area contributed by atoms with E-state index in [1.807, 2.05) is 13.8 Å². The standard InChI is InChI=1S/C15H23ClN2O2.ClH/c1-3-15(4-2,11-17)18-14(19)9-10-20-13-7-5-12(16)6-8-13;/h5-8H,3-4,9-11,17H2,1-2H3,(H,18,19);1H. The average Bonchev–Trinajstić information content (AvgIpc) is 2.47. The van der Waals surface area contributed by atoms with Crippen molar-refractivity contribution in [1.29, 1.82) is 0 Å². The normalized spacial score (nSPS) is 10.7. The predicted octanol–water partition coefficient (Wildman–Crippen LogP) is 3.16. The van der Waals surface area contributed by atoms with E-state index < -0.39 is 0 Å². The summed E-state index contributed by atoms with van der Waals surface area (Å²) in [6.45, 7) is 4.84. The van der Waals surface area contributed by atoms with Crippen LogP contribution in [-0.2, 0) is 4.79 Å². The summed E-state index contributed by atoms with van der Waals surface area (Å²) >= 11 is 5.79. The molecule has 1 rings (SSSR count). The van der Waals surface area contributed by atoms with Gasteiger partial charge in [-0.15, -0.1) is 12.4 Å². The minimum absolute atomic E-state index is 0. The third-order valence-corrected chi connectivity index (χ3v) is 3.81. The zero-order valence-corrected chi connectivity index (χ0v) is 14.1. The molecule has 0 saturated heterocycles. The maximum absolute atomic E-state index is 11.9. The number of hydrogen-bond donors (Lipinski definition) is 2. The Kier molecular flexibility index (Phi) is 9.42. The quantitative estimate of drug-likeness (QED) is 0.767. The van der Waals surface area contributed by atoms with E-state index in [0.29, 0.717) is 30.3 Å². The zero-order valence-electron chi connectivity index (χ0n) is 12.5. The number of halogens is 2. The van der Waals surface area contributed by atoms with Gasteiger partial charge >= 0.3 is 0 Å². The second-order valence-electron chi connectivity index (χ2n) is 4.79. The molecule has 1 aromatic rings. The fourth-order valence-corrected chi connectivity index (χ4v) is 2.04. The molecule has 0 bridgehead atoms. The van der Waals surface area contributed by atoms with Crippen LogP contribution in [0.1, 0.15) is 33.1 Å². The van der Waals surface area contributed by atoms with Crippen LogP contribution in [0.3, 0.4) is 0 Å². The molecule has 6 heteroatoms. The highest BCUT2D eigenvalue weighted by Gasteiger charge is 2.25. The number of nitrogens with one attached hydrogen (secondary N) is 1. The minimum atomic E-state index is -0.294. The second kappa shape index (κ2) is 9.87. The van der Waals surface area contributed by atoms with Gasteiger partial charge in [0.1, 0.15) is 5.75 Å². The van der Waals surface area contributed by atoms with Crippen molar-refractivity contribution >= 4 is 29.9 Å². The lowest BCUT2D eigenvalue weighted by molar-refractivity contribution is -0.123. The van der Waals surface area contributed by atoms with Crippen LogP contribution in [0.4, 0.5) is 0 Å². The molecule has 0 spiro atoms. The Morgan fingerprint density at radius 3 is 2.33 bits per heavy atom. The van der Waals surface area contributed by atoms with E-state index in [2.05, 4.69) is 5.32 Å². The average molecular weight is 335 g/mol. The maximum Gasteiger partial charge on any atom is 0.223 e. The molecule has 3 N–H and O–H groups in total. The van der Waals surface area contributed by atoms with Crippen molar-refractivity contribution in [2.75, 3.05) is 13.2 Å². The lowest BCUT2D eigenvalue weighted by Crippen LogP contribution is -2.53. The lowest BCUT2D eigenvalue weighted by atomic mass is 9.93. The molecule has 0 fully saturated rings. The monoisotopic (exact) mass is 334 g/mol. The first-order valence-electron chi connectivity index (χ1n) is 6.94. The molecule has 0 atom stereocenters. The third-order valence-electron chi connectivity index (χ3n) is 3.56. The van der Waals surface area contributed by atoms with Crippen LogP contribution in [0.5, 0.6) is 5.75 Å². The Bertz CT molecular complexity index is 412. The van der Waals surface area contributed by atoms with E-state index >= 15 is 0 Å². The Morgan fingerprint density at radius 1 is 1.29 bits per heavy atom.